The normalized spacial score (nSPS) is 18.4. The van der Waals surface area contributed by atoms with E-state index in [9.17, 15) is 4.79 Å². The van der Waals surface area contributed by atoms with E-state index in [2.05, 4.69) is 10.1 Å². The fourth-order valence-electron chi connectivity index (χ4n) is 1.73. The standard InChI is InChI=1S/C8H12N4O2/c13-8(14)11-3-1-7(2-4-11)12-6-9-5-10-12/h5-7H,1-4H2,(H,13,14). The molecule has 1 aliphatic rings. The molecule has 6 heteroatoms. The Morgan fingerprint density at radius 2 is 2.14 bits per heavy atom. The predicted molar refractivity (Wildman–Crippen MR) is 47.9 cm³/mol. The lowest BCUT2D eigenvalue weighted by atomic mass is 10.1. The van der Waals surface area contributed by atoms with Gasteiger partial charge in [0.1, 0.15) is 12.7 Å². The van der Waals surface area contributed by atoms with Gasteiger partial charge in [0.2, 0.25) is 0 Å². The fraction of sp³-hybridized carbons (Fsp3) is 0.625. The highest BCUT2D eigenvalue weighted by molar-refractivity contribution is 5.64. The van der Waals surface area contributed by atoms with Gasteiger partial charge in [-0.25, -0.2) is 14.5 Å². The maximum absolute atomic E-state index is 10.6. The number of carboxylic acid groups (broad SMARTS) is 1. The lowest BCUT2D eigenvalue weighted by molar-refractivity contribution is 0.124. The van der Waals surface area contributed by atoms with Gasteiger partial charge in [-0.15, -0.1) is 0 Å². The van der Waals surface area contributed by atoms with E-state index < -0.39 is 6.09 Å². The lowest BCUT2D eigenvalue weighted by Crippen LogP contribution is -2.38. The topological polar surface area (TPSA) is 71.2 Å². The van der Waals surface area contributed by atoms with Crippen molar-refractivity contribution in [2.75, 3.05) is 13.1 Å². The molecule has 1 aliphatic heterocycles. The summed E-state index contributed by atoms with van der Waals surface area (Å²) in [5.74, 6) is 0. The van der Waals surface area contributed by atoms with Crippen molar-refractivity contribution < 1.29 is 9.90 Å². The molecule has 0 bridgehead atoms. The molecule has 0 radical (unpaired) electrons. The van der Waals surface area contributed by atoms with Crippen LogP contribution in [0.15, 0.2) is 12.7 Å². The van der Waals surface area contributed by atoms with Gasteiger partial charge in [0.25, 0.3) is 0 Å². The summed E-state index contributed by atoms with van der Waals surface area (Å²) in [6, 6.07) is 0.299. The van der Waals surface area contributed by atoms with Gasteiger partial charge in [-0.1, -0.05) is 0 Å². The molecule has 2 rings (SSSR count). The molecule has 1 saturated heterocycles. The molecule has 0 saturated carbocycles. The van der Waals surface area contributed by atoms with Crippen LogP contribution in [0.25, 0.3) is 0 Å². The monoisotopic (exact) mass is 196 g/mol. The summed E-state index contributed by atoms with van der Waals surface area (Å²) >= 11 is 0. The van der Waals surface area contributed by atoms with Crippen LogP contribution in [-0.4, -0.2) is 44.0 Å². The molecule has 0 aromatic carbocycles. The first-order valence-electron chi connectivity index (χ1n) is 4.59. The molecule has 2 heterocycles. The van der Waals surface area contributed by atoms with Crippen LogP contribution >= 0.6 is 0 Å². The number of hydrogen-bond acceptors (Lipinski definition) is 3. The van der Waals surface area contributed by atoms with Gasteiger partial charge in [-0.2, -0.15) is 5.10 Å². The molecule has 1 aromatic rings. The van der Waals surface area contributed by atoms with Crippen LogP contribution in [0.4, 0.5) is 4.79 Å². The highest BCUT2D eigenvalue weighted by atomic mass is 16.4. The molecule has 0 spiro atoms. The summed E-state index contributed by atoms with van der Waals surface area (Å²) in [4.78, 5) is 16.0. The van der Waals surface area contributed by atoms with Crippen LogP contribution in [0.5, 0.6) is 0 Å². The summed E-state index contributed by atoms with van der Waals surface area (Å²) < 4.78 is 1.80. The molecule has 1 N–H and O–H groups in total. The van der Waals surface area contributed by atoms with Gasteiger partial charge >= 0.3 is 6.09 Å². The number of carbonyl (C=O) groups is 1. The third-order valence-corrected chi connectivity index (χ3v) is 2.55. The van der Waals surface area contributed by atoms with E-state index in [1.54, 1.807) is 11.0 Å². The Hall–Kier alpha value is -1.59. The average Bonchev–Trinajstić information content (AvgIpc) is 2.71. The first-order chi connectivity index (χ1) is 6.77. The van der Waals surface area contributed by atoms with Gasteiger partial charge in [0.15, 0.2) is 0 Å². The molecule has 6 nitrogen and oxygen atoms in total. The number of hydrogen-bond donors (Lipinski definition) is 1. The van der Waals surface area contributed by atoms with Crippen LogP contribution < -0.4 is 0 Å². The van der Waals surface area contributed by atoms with Crippen molar-refractivity contribution in [2.45, 2.75) is 18.9 Å². The quantitative estimate of drug-likeness (QED) is 0.713. The van der Waals surface area contributed by atoms with Gasteiger partial charge in [-0.05, 0) is 12.8 Å². The van der Waals surface area contributed by atoms with Crippen molar-refractivity contribution in [3.63, 3.8) is 0 Å². The van der Waals surface area contributed by atoms with Crippen LogP contribution in [-0.2, 0) is 0 Å². The summed E-state index contributed by atoms with van der Waals surface area (Å²) in [6.07, 6.45) is 3.98. The van der Waals surface area contributed by atoms with E-state index in [0.717, 1.165) is 12.8 Å². The highest BCUT2D eigenvalue weighted by Crippen LogP contribution is 2.20. The van der Waals surface area contributed by atoms with Crippen molar-refractivity contribution in [3.05, 3.63) is 12.7 Å². The second kappa shape index (κ2) is 3.65. The van der Waals surface area contributed by atoms with E-state index >= 15 is 0 Å². The number of amides is 1. The van der Waals surface area contributed by atoms with Crippen LogP contribution in [0.3, 0.4) is 0 Å². The van der Waals surface area contributed by atoms with E-state index in [1.165, 1.54) is 11.2 Å². The molecule has 76 valence electrons. The van der Waals surface area contributed by atoms with Crippen molar-refractivity contribution in [2.24, 2.45) is 0 Å². The number of rotatable bonds is 1. The Balaban J connectivity index is 1.93. The van der Waals surface area contributed by atoms with Crippen LogP contribution in [0.1, 0.15) is 18.9 Å². The minimum Gasteiger partial charge on any atom is -0.465 e. The average molecular weight is 196 g/mol. The third-order valence-electron chi connectivity index (χ3n) is 2.55. The second-order valence-corrected chi connectivity index (χ2v) is 3.38. The van der Waals surface area contributed by atoms with Gasteiger partial charge in [0.05, 0.1) is 6.04 Å². The Labute approximate surface area is 81.2 Å². The molecular formula is C8H12N4O2. The molecular weight excluding hydrogens is 184 g/mol. The minimum absolute atomic E-state index is 0.299. The second-order valence-electron chi connectivity index (χ2n) is 3.38. The maximum Gasteiger partial charge on any atom is 0.407 e. The molecule has 14 heavy (non-hydrogen) atoms. The SMILES string of the molecule is O=C(O)N1CCC(n2cncn2)CC1. The Kier molecular flexibility index (Phi) is 2.34. The van der Waals surface area contributed by atoms with Crippen molar-refractivity contribution in [1.29, 1.82) is 0 Å². The first kappa shape index (κ1) is 8.98. The molecule has 1 aromatic heterocycles. The first-order valence-corrected chi connectivity index (χ1v) is 4.59. The zero-order valence-electron chi connectivity index (χ0n) is 7.70. The lowest BCUT2D eigenvalue weighted by Gasteiger charge is -2.29. The number of nitrogens with zero attached hydrogens (tertiary/aromatic N) is 4. The Morgan fingerprint density at radius 1 is 1.43 bits per heavy atom. The Morgan fingerprint density at radius 3 is 2.64 bits per heavy atom. The van der Waals surface area contributed by atoms with Crippen molar-refractivity contribution in [3.8, 4) is 0 Å². The molecule has 1 amide bonds. The van der Waals surface area contributed by atoms with Gasteiger partial charge in [0, 0.05) is 13.1 Å². The summed E-state index contributed by atoms with van der Waals surface area (Å²) in [5, 5.41) is 12.8. The maximum atomic E-state index is 10.6. The summed E-state index contributed by atoms with van der Waals surface area (Å²) in [6.45, 7) is 1.17. The zero-order valence-corrected chi connectivity index (χ0v) is 7.70. The predicted octanol–water partition coefficient (Wildman–Crippen LogP) is 0.593. The zero-order chi connectivity index (χ0) is 9.97. The van der Waals surface area contributed by atoms with E-state index in [4.69, 9.17) is 5.11 Å². The molecule has 0 unspecified atom stereocenters. The van der Waals surface area contributed by atoms with Crippen LogP contribution in [0.2, 0.25) is 0 Å². The number of piperidine rings is 1. The molecule has 0 atom stereocenters. The van der Waals surface area contributed by atoms with Gasteiger partial charge < -0.3 is 10.0 Å². The van der Waals surface area contributed by atoms with E-state index in [-0.39, 0.29) is 0 Å². The molecule has 1 fully saturated rings. The largest absolute Gasteiger partial charge is 0.465 e. The third kappa shape index (κ3) is 1.68. The van der Waals surface area contributed by atoms with Gasteiger partial charge in [-0.3, -0.25) is 0 Å². The number of aromatic nitrogens is 3. The minimum atomic E-state index is -0.831. The van der Waals surface area contributed by atoms with E-state index in [0.29, 0.717) is 19.1 Å². The fourth-order valence-corrected chi connectivity index (χ4v) is 1.73. The highest BCUT2D eigenvalue weighted by Gasteiger charge is 2.23. The summed E-state index contributed by atoms with van der Waals surface area (Å²) in [7, 11) is 0. The number of likely N-dealkylation sites (tertiary alicyclic amines) is 1. The van der Waals surface area contributed by atoms with Crippen LogP contribution in [0, 0.1) is 0 Å². The smallest absolute Gasteiger partial charge is 0.407 e. The Bertz CT molecular complexity index is 303. The van der Waals surface area contributed by atoms with Crippen molar-refractivity contribution in [1.82, 2.24) is 19.7 Å². The molecule has 0 aliphatic carbocycles. The summed E-state index contributed by atoms with van der Waals surface area (Å²) in [5.41, 5.74) is 0. The van der Waals surface area contributed by atoms with E-state index in [1.807, 2.05) is 0 Å². The van der Waals surface area contributed by atoms with Crippen molar-refractivity contribution >= 4 is 6.09 Å².